The third-order valence-corrected chi connectivity index (χ3v) is 6.45. The standard InChI is InChI=1S/C24H25N3O3S/c1-6-19(23(29)26-24-25-18-8-7-16(30-5)12-20(18)31-24)27-21(28)11-14(3)17-10-13(2)9-15(4)22(17)27/h7-12,19H,6H2,1-5H3,(H,25,26,29). The molecule has 6 nitrogen and oxygen atoms in total. The van der Waals surface area contributed by atoms with Crippen LogP contribution in [0.25, 0.3) is 21.1 Å². The van der Waals surface area contributed by atoms with Crippen molar-refractivity contribution in [3.8, 4) is 5.75 Å². The van der Waals surface area contributed by atoms with Gasteiger partial charge in [0.2, 0.25) is 5.91 Å². The van der Waals surface area contributed by atoms with Gasteiger partial charge in [0, 0.05) is 11.5 Å². The van der Waals surface area contributed by atoms with Crippen LogP contribution in [0.5, 0.6) is 5.75 Å². The van der Waals surface area contributed by atoms with E-state index in [2.05, 4.69) is 16.4 Å². The van der Waals surface area contributed by atoms with Gasteiger partial charge in [0.05, 0.1) is 22.8 Å². The zero-order valence-electron chi connectivity index (χ0n) is 18.3. The lowest BCUT2D eigenvalue weighted by Gasteiger charge is -2.22. The molecule has 0 spiro atoms. The molecule has 0 radical (unpaired) electrons. The number of rotatable bonds is 5. The minimum atomic E-state index is -0.640. The fourth-order valence-corrected chi connectivity index (χ4v) is 4.99. The molecule has 2 heterocycles. The number of fused-ring (bicyclic) bond motifs is 2. The quantitative estimate of drug-likeness (QED) is 0.471. The van der Waals surface area contributed by atoms with Gasteiger partial charge in [0.25, 0.3) is 5.56 Å². The second kappa shape index (κ2) is 8.15. The van der Waals surface area contributed by atoms with Crippen LogP contribution in [0, 0.1) is 20.8 Å². The molecule has 1 amide bonds. The van der Waals surface area contributed by atoms with Crippen LogP contribution < -0.4 is 15.6 Å². The topological polar surface area (TPSA) is 73.2 Å². The maximum atomic E-state index is 13.3. The highest BCUT2D eigenvalue weighted by atomic mass is 32.1. The Morgan fingerprint density at radius 1 is 1.16 bits per heavy atom. The molecule has 2 aromatic heterocycles. The molecule has 1 atom stereocenters. The average molecular weight is 436 g/mol. The molecule has 1 N–H and O–H groups in total. The lowest BCUT2D eigenvalue weighted by Crippen LogP contribution is -2.33. The second-order valence-electron chi connectivity index (χ2n) is 7.78. The van der Waals surface area contributed by atoms with Crippen molar-refractivity contribution < 1.29 is 9.53 Å². The maximum Gasteiger partial charge on any atom is 0.252 e. The molecule has 4 aromatic rings. The van der Waals surface area contributed by atoms with Crippen molar-refractivity contribution in [2.45, 2.75) is 40.2 Å². The molecule has 0 saturated heterocycles. The second-order valence-corrected chi connectivity index (χ2v) is 8.81. The number of hydrogen-bond donors (Lipinski definition) is 1. The van der Waals surface area contributed by atoms with Gasteiger partial charge in [-0.1, -0.05) is 29.9 Å². The number of nitrogens with one attached hydrogen (secondary N) is 1. The predicted molar refractivity (Wildman–Crippen MR) is 127 cm³/mol. The summed E-state index contributed by atoms with van der Waals surface area (Å²) in [5.74, 6) is 0.490. The lowest BCUT2D eigenvalue weighted by molar-refractivity contribution is -0.119. The normalized spacial score (nSPS) is 12.3. The highest BCUT2D eigenvalue weighted by Crippen LogP contribution is 2.31. The number of ether oxygens (including phenoxy) is 1. The zero-order chi connectivity index (χ0) is 22.3. The molecular formula is C24H25N3O3S. The molecule has 160 valence electrons. The smallest absolute Gasteiger partial charge is 0.252 e. The Hall–Kier alpha value is -3.19. The number of pyridine rings is 1. The van der Waals surface area contributed by atoms with Gasteiger partial charge in [-0.3, -0.25) is 14.2 Å². The van der Waals surface area contributed by atoms with Gasteiger partial charge in [-0.25, -0.2) is 4.98 Å². The molecule has 0 fully saturated rings. The minimum Gasteiger partial charge on any atom is -0.497 e. The fourth-order valence-electron chi connectivity index (χ4n) is 4.09. The van der Waals surface area contributed by atoms with Gasteiger partial charge in [-0.05, 0) is 62.6 Å². The summed E-state index contributed by atoms with van der Waals surface area (Å²) < 4.78 is 7.81. The van der Waals surface area contributed by atoms with Gasteiger partial charge >= 0.3 is 0 Å². The third kappa shape index (κ3) is 3.81. The molecule has 4 rings (SSSR count). The van der Waals surface area contributed by atoms with Crippen LogP contribution in [0.4, 0.5) is 5.13 Å². The number of nitrogens with zero attached hydrogens (tertiary/aromatic N) is 2. The molecule has 0 aliphatic rings. The lowest BCUT2D eigenvalue weighted by atomic mass is 10.0. The number of benzene rings is 2. The van der Waals surface area contributed by atoms with Crippen LogP contribution in [0.2, 0.25) is 0 Å². The largest absolute Gasteiger partial charge is 0.497 e. The Balaban J connectivity index is 1.76. The van der Waals surface area contributed by atoms with E-state index >= 15 is 0 Å². The highest BCUT2D eigenvalue weighted by molar-refractivity contribution is 7.22. The van der Waals surface area contributed by atoms with E-state index in [0.29, 0.717) is 11.6 Å². The van der Waals surface area contributed by atoms with E-state index in [4.69, 9.17) is 4.74 Å². The summed E-state index contributed by atoms with van der Waals surface area (Å²) in [5, 5.41) is 4.42. The van der Waals surface area contributed by atoms with Crippen LogP contribution in [0.3, 0.4) is 0 Å². The molecular weight excluding hydrogens is 410 g/mol. The van der Waals surface area contributed by atoms with Crippen LogP contribution >= 0.6 is 11.3 Å². The third-order valence-electron chi connectivity index (χ3n) is 5.51. The molecule has 0 aliphatic heterocycles. The summed E-state index contributed by atoms with van der Waals surface area (Å²) in [7, 11) is 1.61. The van der Waals surface area contributed by atoms with Crippen molar-refractivity contribution in [2.75, 3.05) is 12.4 Å². The molecule has 7 heteroatoms. The minimum absolute atomic E-state index is 0.173. The Morgan fingerprint density at radius 2 is 1.94 bits per heavy atom. The Morgan fingerprint density at radius 3 is 2.65 bits per heavy atom. The first-order valence-corrected chi connectivity index (χ1v) is 11.0. The first-order valence-electron chi connectivity index (χ1n) is 10.2. The number of carbonyl (C=O) groups is 1. The van der Waals surface area contributed by atoms with Gasteiger partial charge < -0.3 is 10.1 Å². The summed E-state index contributed by atoms with van der Waals surface area (Å²) in [6, 6.07) is 10.7. The molecule has 0 aliphatic carbocycles. The molecule has 2 aromatic carbocycles. The van der Waals surface area contributed by atoms with E-state index in [1.54, 1.807) is 17.7 Å². The van der Waals surface area contributed by atoms with E-state index in [1.165, 1.54) is 11.3 Å². The number of thiazole rings is 1. The highest BCUT2D eigenvalue weighted by Gasteiger charge is 2.24. The molecule has 0 saturated carbocycles. The van der Waals surface area contributed by atoms with E-state index in [1.807, 2.05) is 52.0 Å². The van der Waals surface area contributed by atoms with Gasteiger partial charge in [0.1, 0.15) is 11.8 Å². The fraction of sp³-hybridized carbons (Fsp3) is 0.292. The summed E-state index contributed by atoms with van der Waals surface area (Å²) in [5.41, 5.74) is 4.45. The molecule has 31 heavy (non-hydrogen) atoms. The number of aromatic nitrogens is 2. The summed E-state index contributed by atoms with van der Waals surface area (Å²) >= 11 is 1.38. The Bertz CT molecular complexity index is 1370. The average Bonchev–Trinajstić information content (AvgIpc) is 3.12. The Labute approximate surface area is 184 Å². The first kappa shape index (κ1) is 21.1. The van der Waals surface area contributed by atoms with Crippen molar-refractivity contribution in [3.05, 3.63) is 63.4 Å². The van der Waals surface area contributed by atoms with Crippen molar-refractivity contribution >= 4 is 43.5 Å². The van der Waals surface area contributed by atoms with Crippen LogP contribution in [-0.2, 0) is 4.79 Å². The van der Waals surface area contributed by atoms with Crippen molar-refractivity contribution in [3.63, 3.8) is 0 Å². The number of aryl methyl sites for hydroxylation is 3. The van der Waals surface area contributed by atoms with Crippen molar-refractivity contribution in [1.29, 1.82) is 0 Å². The van der Waals surface area contributed by atoms with Gasteiger partial charge in [-0.15, -0.1) is 0 Å². The van der Waals surface area contributed by atoms with E-state index < -0.39 is 6.04 Å². The van der Waals surface area contributed by atoms with Gasteiger partial charge in [0.15, 0.2) is 5.13 Å². The number of carbonyl (C=O) groups excluding carboxylic acids is 1. The van der Waals surface area contributed by atoms with Crippen LogP contribution in [-0.4, -0.2) is 22.6 Å². The summed E-state index contributed by atoms with van der Waals surface area (Å²) in [6.07, 6.45) is 0.482. The molecule has 0 bridgehead atoms. The number of anilines is 1. The first-order chi connectivity index (χ1) is 14.8. The summed E-state index contributed by atoms with van der Waals surface area (Å²) in [4.78, 5) is 30.8. The SMILES string of the molecule is CCC(C(=O)Nc1nc2ccc(OC)cc2s1)n1c(=O)cc(C)c2cc(C)cc(C)c21. The monoisotopic (exact) mass is 435 g/mol. The zero-order valence-corrected chi connectivity index (χ0v) is 19.1. The number of hydrogen-bond acceptors (Lipinski definition) is 5. The van der Waals surface area contributed by atoms with Crippen LogP contribution in [0.1, 0.15) is 36.1 Å². The van der Waals surface area contributed by atoms with E-state index in [0.717, 1.165) is 43.6 Å². The molecule has 1 unspecified atom stereocenters. The van der Waals surface area contributed by atoms with E-state index in [-0.39, 0.29) is 11.5 Å². The predicted octanol–water partition coefficient (Wildman–Crippen LogP) is 5.13. The number of amides is 1. The van der Waals surface area contributed by atoms with Crippen molar-refractivity contribution in [1.82, 2.24) is 9.55 Å². The van der Waals surface area contributed by atoms with Gasteiger partial charge in [-0.2, -0.15) is 0 Å². The summed E-state index contributed by atoms with van der Waals surface area (Å²) in [6.45, 7) is 7.86. The van der Waals surface area contributed by atoms with Crippen molar-refractivity contribution in [2.24, 2.45) is 0 Å². The maximum absolute atomic E-state index is 13.3. The van der Waals surface area contributed by atoms with Crippen LogP contribution in [0.15, 0.2) is 41.2 Å². The van der Waals surface area contributed by atoms with E-state index in [9.17, 15) is 9.59 Å². The number of methoxy groups -OCH3 is 1. The Kier molecular flexibility index (Phi) is 5.54.